The average molecular weight is 354 g/mol. The van der Waals surface area contributed by atoms with Crippen molar-refractivity contribution in [2.75, 3.05) is 12.1 Å². The first-order valence-electron chi connectivity index (χ1n) is 8.50. The van der Waals surface area contributed by atoms with Crippen LogP contribution in [0.25, 0.3) is 0 Å². The molecule has 1 aliphatic heterocycles. The van der Waals surface area contributed by atoms with Crippen LogP contribution < -0.4 is 5.01 Å². The zero-order chi connectivity index (χ0) is 18.8. The second-order valence-corrected chi connectivity index (χ2v) is 6.63. The number of benzene rings is 1. The van der Waals surface area contributed by atoms with Crippen LogP contribution in [0.15, 0.2) is 33.9 Å². The van der Waals surface area contributed by atoms with Gasteiger partial charge in [0.1, 0.15) is 17.2 Å². The van der Waals surface area contributed by atoms with Crippen molar-refractivity contribution in [3.05, 3.63) is 46.8 Å². The van der Waals surface area contributed by atoms with Gasteiger partial charge in [-0.2, -0.15) is 5.10 Å². The van der Waals surface area contributed by atoms with Crippen molar-refractivity contribution in [3.63, 3.8) is 0 Å². The number of hydrogen-bond acceptors (Lipinski definition) is 5. The van der Waals surface area contributed by atoms with Crippen molar-refractivity contribution >= 4 is 23.2 Å². The number of carbonyl (C=O) groups is 2. The molecule has 1 aromatic heterocycles. The van der Waals surface area contributed by atoms with E-state index in [4.69, 9.17) is 4.52 Å². The fourth-order valence-electron chi connectivity index (χ4n) is 2.87. The Balaban J connectivity index is 1.83. The number of rotatable bonds is 4. The van der Waals surface area contributed by atoms with Crippen molar-refractivity contribution in [1.29, 1.82) is 0 Å². The molecule has 0 unspecified atom stereocenters. The number of hydrazone groups is 1. The highest BCUT2D eigenvalue weighted by Gasteiger charge is 2.28. The molecule has 1 aromatic carbocycles. The summed E-state index contributed by atoms with van der Waals surface area (Å²) in [5.41, 5.74) is 3.73. The van der Waals surface area contributed by atoms with Gasteiger partial charge in [-0.25, -0.2) is 5.01 Å². The van der Waals surface area contributed by atoms with Gasteiger partial charge in [0.2, 0.25) is 5.91 Å². The van der Waals surface area contributed by atoms with Crippen molar-refractivity contribution < 1.29 is 14.1 Å². The number of amides is 2. The molecule has 2 heterocycles. The molecule has 26 heavy (non-hydrogen) atoms. The van der Waals surface area contributed by atoms with Crippen LogP contribution in [0, 0.1) is 20.8 Å². The number of aryl methyl sites for hydroxylation is 3. The minimum absolute atomic E-state index is 0.106. The molecule has 0 radical (unpaired) electrons. The predicted molar refractivity (Wildman–Crippen MR) is 97.8 cm³/mol. The summed E-state index contributed by atoms with van der Waals surface area (Å²) in [6, 6.07) is 7.63. The summed E-state index contributed by atoms with van der Waals surface area (Å²) in [6.45, 7) is 6.01. The molecule has 0 aliphatic carbocycles. The molecule has 3 rings (SSSR count). The first-order valence-corrected chi connectivity index (χ1v) is 8.50. The molecule has 0 spiro atoms. The van der Waals surface area contributed by atoms with Gasteiger partial charge in [-0.3, -0.25) is 9.59 Å². The van der Waals surface area contributed by atoms with E-state index in [1.165, 1.54) is 9.91 Å². The zero-order valence-electron chi connectivity index (χ0n) is 15.4. The van der Waals surface area contributed by atoms with Gasteiger partial charge < -0.3 is 9.42 Å². The summed E-state index contributed by atoms with van der Waals surface area (Å²) in [6.07, 6.45) is 0.593. The molecule has 136 valence electrons. The molecule has 0 bridgehead atoms. The maximum Gasteiger partial charge on any atom is 0.270 e. The number of carbonyl (C=O) groups excluding carboxylic acids is 2. The Morgan fingerprint density at radius 1 is 1.23 bits per heavy atom. The SMILES string of the molecule is Cc1ccc(C)c(N2N=C(C(=O)N(C)Cc3cc(C)on3)CCC2=O)c1. The molecule has 0 atom stereocenters. The first kappa shape index (κ1) is 17.8. The van der Waals surface area contributed by atoms with E-state index >= 15 is 0 Å². The van der Waals surface area contributed by atoms with Crippen molar-refractivity contribution in [3.8, 4) is 0 Å². The van der Waals surface area contributed by atoms with Gasteiger partial charge in [0.05, 0.1) is 12.2 Å². The van der Waals surface area contributed by atoms with Gasteiger partial charge in [-0.1, -0.05) is 17.3 Å². The molecule has 0 N–H and O–H groups in total. The second-order valence-electron chi connectivity index (χ2n) is 6.63. The quantitative estimate of drug-likeness (QED) is 0.846. The highest BCUT2D eigenvalue weighted by atomic mass is 16.5. The molecular formula is C19H22N4O3. The summed E-state index contributed by atoms with van der Waals surface area (Å²) < 4.78 is 5.03. The molecule has 7 nitrogen and oxygen atoms in total. The number of aromatic nitrogens is 1. The van der Waals surface area contributed by atoms with E-state index in [1.807, 2.05) is 32.0 Å². The smallest absolute Gasteiger partial charge is 0.270 e. The maximum absolute atomic E-state index is 12.7. The lowest BCUT2D eigenvalue weighted by Crippen LogP contribution is -2.40. The first-order chi connectivity index (χ1) is 12.3. The van der Waals surface area contributed by atoms with Crippen LogP contribution in [0.4, 0.5) is 5.69 Å². The molecule has 0 saturated heterocycles. The lowest BCUT2D eigenvalue weighted by atomic mass is 10.1. The number of hydrogen-bond donors (Lipinski definition) is 0. The van der Waals surface area contributed by atoms with Gasteiger partial charge >= 0.3 is 0 Å². The molecule has 7 heteroatoms. The van der Waals surface area contributed by atoms with Gasteiger partial charge in [-0.05, 0) is 38.0 Å². The Morgan fingerprint density at radius 3 is 2.69 bits per heavy atom. The van der Waals surface area contributed by atoms with E-state index in [2.05, 4.69) is 10.3 Å². The van der Waals surface area contributed by atoms with E-state index < -0.39 is 0 Å². The standard InChI is InChI=1S/C19H22N4O3/c1-12-5-6-13(2)17(9-12)23-18(24)8-7-16(20-23)19(25)22(4)11-15-10-14(3)26-21-15/h5-6,9-10H,7-8,11H2,1-4H3. The fraction of sp³-hybridized carbons (Fsp3) is 0.368. The Bertz CT molecular complexity index is 885. The number of anilines is 1. The third kappa shape index (κ3) is 3.66. The molecule has 0 fully saturated rings. The van der Waals surface area contributed by atoms with Crippen molar-refractivity contribution in [2.45, 2.75) is 40.2 Å². The fourth-order valence-corrected chi connectivity index (χ4v) is 2.87. The van der Waals surface area contributed by atoms with Crippen LogP contribution >= 0.6 is 0 Å². The highest BCUT2D eigenvalue weighted by molar-refractivity contribution is 6.40. The summed E-state index contributed by atoms with van der Waals surface area (Å²) in [5.74, 6) is 0.376. The van der Waals surface area contributed by atoms with Crippen molar-refractivity contribution in [1.82, 2.24) is 10.1 Å². The van der Waals surface area contributed by atoms with E-state index in [0.717, 1.165) is 16.8 Å². The van der Waals surface area contributed by atoms with Gasteiger partial charge in [-0.15, -0.1) is 0 Å². The summed E-state index contributed by atoms with van der Waals surface area (Å²) in [7, 11) is 1.69. The summed E-state index contributed by atoms with van der Waals surface area (Å²) in [5, 5.41) is 9.63. The molecule has 2 amide bonds. The van der Waals surface area contributed by atoms with Gasteiger partial charge in [0, 0.05) is 26.0 Å². The second kappa shape index (κ2) is 7.11. The van der Waals surface area contributed by atoms with Crippen molar-refractivity contribution in [2.24, 2.45) is 5.10 Å². The van der Waals surface area contributed by atoms with Gasteiger partial charge in [0.15, 0.2) is 0 Å². The minimum Gasteiger partial charge on any atom is -0.361 e. The normalized spacial score (nSPS) is 14.4. The monoisotopic (exact) mass is 354 g/mol. The molecule has 0 saturated carbocycles. The third-order valence-electron chi connectivity index (χ3n) is 4.29. The van der Waals surface area contributed by atoms with Gasteiger partial charge in [0.25, 0.3) is 5.91 Å². The Labute approximate surface area is 152 Å². The lowest BCUT2D eigenvalue weighted by Gasteiger charge is -2.26. The third-order valence-corrected chi connectivity index (χ3v) is 4.29. The molecular weight excluding hydrogens is 332 g/mol. The van der Waals surface area contributed by atoms with E-state index in [9.17, 15) is 9.59 Å². The zero-order valence-corrected chi connectivity index (χ0v) is 15.4. The Morgan fingerprint density at radius 2 is 2.00 bits per heavy atom. The average Bonchev–Trinajstić information content (AvgIpc) is 3.02. The molecule has 2 aromatic rings. The topological polar surface area (TPSA) is 79.0 Å². The number of nitrogens with zero attached hydrogens (tertiary/aromatic N) is 4. The Kier molecular flexibility index (Phi) is 4.88. The van der Waals surface area contributed by atoms with E-state index in [1.54, 1.807) is 20.0 Å². The van der Waals surface area contributed by atoms with E-state index in [0.29, 0.717) is 30.1 Å². The predicted octanol–water partition coefficient (Wildman–Crippen LogP) is 2.74. The van der Waals surface area contributed by atoms with Crippen LogP contribution in [0.1, 0.15) is 35.4 Å². The lowest BCUT2D eigenvalue weighted by molar-refractivity contribution is -0.123. The Hall–Kier alpha value is -2.96. The summed E-state index contributed by atoms with van der Waals surface area (Å²) in [4.78, 5) is 26.6. The highest BCUT2D eigenvalue weighted by Crippen LogP contribution is 2.25. The molecule has 1 aliphatic rings. The summed E-state index contributed by atoms with van der Waals surface area (Å²) >= 11 is 0. The maximum atomic E-state index is 12.7. The van der Waals surface area contributed by atoms with Crippen LogP contribution in [-0.4, -0.2) is 34.6 Å². The van der Waals surface area contributed by atoms with Crippen LogP contribution in [0.2, 0.25) is 0 Å². The largest absolute Gasteiger partial charge is 0.361 e. The van der Waals surface area contributed by atoms with E-state index in [-0.39, 0.29) is 18.2 Å². The minimum atomic E-state index is -0.214. The van der Waals surface area contributed by atoms with Crippen LogP contribution in [0.5, 0.6) is 0 Å². The van der Waals surface area contributed by atoms with Crippen LogP contribution in [-0.2, 0) is 16.1 Å². The van der Waals surface area contributed by atoms with Crippen LogP contribution in [0.3, 0.4) is 0 Å².